The average molecular weight is 366 g/mol. The highest BCUT2D eigenvalue weighted by Gasteiger charge is 2.25. The van der Waals surface area contributed by atoms with Crippen LogP contribution in [0.3, 0.4) is 0 Å². The lowest BCUT2D eigenvalue weighted by atomic mass is 9.98. The third kappa shape index (κ3) is 3.74. The van der Waals surface area contributed by atoms with Crippen LogP contribution in [0.4, 0.5) is 0 Å². The van der Waals surface area contributed by atoms with Crippen LogP contribution in [0.15, 0.2) is 12.3 Å². The Bertz CT molecular complexity index is 833. The number of rotatable bonds is 0. The number of benzene rings is 1. The predicted octanol–water partition coefficient (Wildman–Crippen LogP) is 1.65. The summed E-state index contributed by atoms with van der Waals surface area (Å²) in [5, 5.41) is 27.6. The Morgan fingerprint density at radius 1 is 1.20 bits per heavy atom. The lowest BCUT2D eigenvalue weighted by Crippen LogP contribution is -2.15. The highest BCUT2D eigenvalue weighted by molar-refractivity contribution is 6.33. The monoisotopic (exact) mass is 365 g/mol. The summed E-state index contributed by atoms with van der Waals surface area (Å²) < 4.78 is 6.79. The van der Waals surface area contributed by atoms with Gasteiger partial charge in [0.05, 0.1) is 17.3 Å². The van der Waals surface area contributed by atoms with Gasteiger partial charge in [0, 0.05) is 50.1 Å². The summed E-state index contributed by atoms with van der Waals surface area (Å²) in [4.78, 5) is 24.6. The maximum Gasteiger partial charge on any atom is 0.342 e. The van der Waals surface area contributed by atoms with Crippen LogP contribution in [0.2, 0.25) is 5.02 Å². The fourth-order valence-electron chi connectivity index (χ4n) is 2.66. The molecule has 1 aromatic carbocycles. The third-order valence-electron chi connectivity index (χ3n) is 3.91. The van der Waals surface area contributed by atoms with E-state index >= 15 is 0 Å². The zero-order valence-electron chi connectivity index (χ0n) is 13.2. The average Bonchev–Trinajstić information content (AvgIpc) is 3.01. The van der Waals surface area contributed by atoms with E-state index in [2.05, 4.69) is 10.3 Å². The highest BCUT2D eigenvalue weighted by atomic mass is 35.5. The number of carbonyl (C=O) groups is 2. The lowest BCUT2D eigenvalue weighted by molar-refractivity contribution is -0.118. The molecule has 8 nitrogen and oxygen atoms in total. The number of halogens is 1. The summed E-state index contributed by atoms with van der Waals surface area (Å²) >= 11 is 6.05. The molecule has 0 aliphatic carbocycles. The molecule has 2 aromatic rings. The molecule has 25 heavy (non-hydrogen) atoms. The van der Waals surface area contributed by atoms with Crippen molar-refractivity contribution in [2.24, 2.45) is 0 Å². The molecule has 0 spiro atoms. The number of aryl methyl sites for hydroxylation is 2. The van der Waals surface area contributed by atoms with Crippen molar-refractivity contribution in [2.75, 3.05) is 6.61 Å². The summed E-state index contributed by atoms with van der Waals surface area (Å²) in [5.74, 6) is -1.88. The first-order chi connectivity index (χ1) is 12.0. The number of esters is 1. The Morgan fingerprint density at radius 3 is 2.80 bits per heavy atom. The molecule has 1 aromatic heterocycles. The number of carbonyl (C=O) groups excluding carboxylic acids is 2. The zero-order chi connectivity index (χ0) is 18.0. The minimum atomic E-state index is -0.793. The molecule has 3 rings (SSSR count). The fourth-order valence-corrected chi connectivity index (χ4v) is 2.87. The first-order valence-electron chi connectivity index (χ1n) is 7.77. The van der Waals surface area contributed by atoms with Gasteiger partial charge in [-0.15, -0.1) is 5.10 Å². The molecule has 0 radical (unpaired) electrons. The molecule has 2 heterocycles. The number of ether oxygens (including phenoxy) is 1. The van der Waals surface area contributed by atoms with Gasteiger partial charge in [-0.25, -0.2) is 4.79 Å². The van der Waals surface area contributed by atoms with E-state index in [0.29, 0.717) is 25.1 Å². The van der Waals surface area contributed by atoms with Gasteiger partial charge in [0.1, 0.15) is 22.8 Å². The highest BCUT2D eigenvalue weighted by Crippen LogP contribution is 2.37. The number of hydrogen-bond acceptors (Lipinski definition) is 7. The van der Waals surface area contributed by atoms with Gasteiger partial charge in [0.25, 0.3) is 0 Å². The number of nitrogens with zero attached hydrogens (tertiary/aromatic N) is 3. The van der Waals surface area contributed by atoms with Gasteiger partial charge in [-0.3, -0.25) is 9.48 Å². The summed E-state index contributed by atoms with van der Waals surface area (Å²) in [6, 6.07) is 0.963. The molecule has 0 unspecified atom stereocenters. The molecule has 2 N–H and O–H groups in total. The number of aromatic nitrogens is 3. The van der Waals surface area contributed by atoms with Crippen molar-refractivity contribution in [1.29, 1.82) is 0 Å². The number of aromatic hydroxyl groups is 2. The number of phenols is 2. The third-order valence-corrected chi connectivity index (χ3v) is 4.33. The molecule has 0 atom stereocenters. The topological polar surface area (TPSA) is 115 Å². The second kappa shape index (κ2) is 7.10. The van der Waals surface area contributed by atoms with E-state index in [9.17, 15) is 19.8 Å². The van der Waals surface area contributed by atoms with Crippen LogP contribution in [0.25, 0.3) is 0 Å². The summed E-state index contributed by atoms with van der Waals surface area (Å²) in [6.45, 7) is 0.600. The van der Waals surface area contributed by atoms with E-state index < -0.39 is 17.5 Å². The van der Waals surface area contributed by atoms with Gasteiger partial charge < -0.3 is 14.9 Å². The molecular weight excluding hydrogens is 350 g/mol. The molecule has 1 aliphatic heterocycles. The molecular formula is C16H16ClN3O5. The molecule has 132 valence electrons. The molecule has 0 fully saturated rings. The Hall–Kier alpha value is -2.61. The Balaban J connectivity index is 1.96. The number of cyclic esters (lactones) is 1. The van der Waals surface area contributed by atoms with Gasteiger partial charge in [0.15, 0.2) is 0 Å². The van der Waals surface area contributed by atoms with Crippen LogP contribution in [0.5, 0.6) is 11.5 Å². The lowest BCUT2D eigenvalue weighted by Gasteiger charge is -2.14. The van der Waals surface area contributed by atoms with Crippen LogP contribution in [-0.2, 0) is 28.9 Å². The minimum Gasteiger partial charge on any atom is -0.507 e. The molecule has 9 heteroatoms. The maximum absolute atomic E-state index is 12.3. The van der Waals surface area contributed by atoms with E-state index in [-0.39, 0.29) is 41.4 Å². The molecule has 0 saturated heterocycles. The molecule has 0 saturated carbocycles. The van der Waals surface area contributed by atoms with Gasteiger partial charge in [-0.1, -0.05) is 16.8 Å². The Kier molecular flexibility index (Phi) is 4.89. The van der Waals surface area contributed by atoms with Crippen LogP contribution < -0.4 is 0 Å². The summed E-state index contributed by atoms with van der Waals surface area (Å²) in [7, 11) is 0. The first-order valence-corrected chi connectivity index (χ1v) is 8.14. The van der Waals surface area contributed by atoms with E-state index in [0.717, 1.165) is 6.07 Å². The fraction of sp³-hybridized carbons (Fsp3) is 0.375. The predicted molar refractivity (Wildman–Crippen MR) is 86.7 cm³/mol. The number of phenolic OH excluding ortho intramolecular Hbond substituents is 2. The van der Waals surface area contributed by atoms with Crippen molar-refractivity contribution in [3.05, 3.63) is 34.1 Å². The van der Waals surface area contributed by atoms with Crippen molar-refractivity contribution >= 4 is 23.4 Å². The van der Waals surface area contributed by atoms with Gasteiger partial charge >= 0.3 is 5.97 Å². The van der Waals surface area contributed by atoms with E-state index in [4.69, 9.17) is 16.3 Å². The van der Waals surface area contributed by atoms with Crippen molar-refractivity contribution in [3.8, 4) is 11.5 Å². The Morgan fingerprint density at radius 2 is 2.00 bits per heavy atom. The van der Waals surface area contributed by atoms with Crippen molar-refractivity contribution in [3.63, 3.8) is 0 Å². The summed E-state index contributed by atoms with van der Waals surface area (Å²) in [5.41, 5.74) is 0.562. The van der Waals surface area contributed by atoms with Crippen LogP contribution in [0.1, 0.15) is 34.5 Å². The number of fused-ring (bicyclic) bond motifs is 3. The quantitative estimate of drug-likeness (QED) is 0.682. The van der Waals surface area contributed by atoms with Gasteiger partial charge in [-0.05, 0) is 0 Å². The van der Waals surface area contributed by atoms with Crippen LogP contribution in [-0.4, -0.2) is 43.6 Å². The first kappa shape index (κ1) is 17.2. The number of Topliss-reactive ketones (excluding diaryl/α,β-unsaturated/α-hetero) is 1. The van der Waals surface area contributed by atoms with Crippen molar-refractivity contribution in [1.82, 2.24) is 15.0 Å². The van der Waals surface area contributed by atoms with Crippen molar-refractivity contribution < 1.29 is 24.5 Å². The minimum absolute atomic E-state index is 0.0647. The normalized spacial score (nSPS) is 16.0. The van der Waals surface area contributed by atoms with Gasteiger partial charge in [0.2, 0.25) is 0 Å². The largest absolute Gasteiger partial charge is 0.507 e. The zero-order valence-corrected chi connectivity index (χ0v) is 14.0. The van der Waals surface area contributed by atoms with Crippen molar-refractivity contribution in [2.45, 2.75) is 32.2 Å². The second-order valence-electron chi connectivity index (χ2n) is 5.76. The van der Waals surface area contributed by atoms with E-state index in [1.807, 2.05) is 0 Å². The smallest absolute Gasteiger partial charge is 0.342 e. The number of hydrogen-bond donors (Lipinski definition) is 2. The molecule has 0 amide bonds. The molecule has 2 bridgehead atoms. The summed E-state index contributed by atoms with van der Waals surface area (Å²) in [6.07, 6.45) is 2.62. The number of ketones is 1. The standard InChI is InChI=1S/C16H16ClN3O5/c17-15-11-6-10(21)3-2-9-8-20(19-18-9)4-1-5-25-16(24)14(11)12(22)7-13(15)23/h7-8,22-23H,1-6H2. The van der Waals surface area contributed by atoms with Crippen LogP contribution in [0, 0.1) is 0 Å². The van der Waals surface area contributed by atoms with Crippen LogP contribution >= 0.6 is 11.6 Å². The van der Waals surface area contributed by atoms with E-state index in [1.54, 1.807) is 10.9 Å². The second-order valence-corrected chi connectivity index (χ2v) is 6.14. The molecule has 1 aliphatic rings. The SMILES string of the molecule is O=C1CCc2cn(nn2)CCCOC(=O)c2c(O)cc(O)c(Cl)c2C1. The van der Waals surface area contributed by atoms with E-state index in [1.165, 1.54) is 0 Å². The van der Waals surface area contributed by atoms with Gasteiger partial charge in [-0.2, -0.15) is 0 Å². The maximum atomic E-state index is 12.3. The Labute approximate surface area is 148 Å².